The minimum absolute atomic E-state index is 0.0909. The highest BCUT2D eigenvalue weighted by Gasteiger charge is 2.14. The van der Waals surface area contributed by atoms with E-state index in [9.17, 15) is 4.79 Å². The third-order valence-corrected chi connectivity index (χ3v) is 4.48. The number of halogens is 1. The van der Waals surface area contributed by atoms with Gasteiger partial charge >= 0.3 is 0 Å². The van der Waals surface area contributed by atoms with Crippen LogP contribution >= 0.6 is 15.9 Å². The van der Waals surface area contributed by atoms with Crippen molar-refractivity contribution in [1.82, 2.24) is 25.6 Å². The van der Waals surface area contributed by atoms with Crippen LogP contribution in [0.2, 0.25) is 0 Å². The first-order valence-corrected chi connectivity index (χ1v) is 8.47. The summed E-state index contributed by atoms with van der Waals surface area (Å²) in [5.74, 6) is 1.50. The van der Waals surface area contributed by atoms with E-state index in [2.05, 4.69) is 41.5 Å². The largest absolute Gasteiger partial charge is 0.349 e. The molecule has 0 radical (unpaired) electrons. The second-order valence-electron chi connectivity index (χ2n) is 5.72. The summed E-state index contributed by atoms with van der Waals surface area (Å²) in [7, 11) is 0. The van der Waals surface area contributed by atoms with E-state index < -0.39 is 0 Å². The summed E-state index contributed by atoms with van der Waals surface area (Å²) in [6, 6.07) is 1.93. The molecule has 0 spiro atoms. The van der Waals surface area contributed by atoms with Gasteiger partial charge in [0.25, 0.3) is 0 Å². The van der Waals surface area contributed by atoms with E-state index in [0.29, 0.717) is 24.5 Å². The topological polar surface area (TPSA) is 82.7 Å². The standard InChI is InChI=1S/C15H20BrN5O/c16-11-7-12-15(19-8-11)21-13(20-12)9-18-14(22)2-1-10-3-5-17-6-4-10/h7-8,10,17H,1-6,9H2,(H,18,22)(H,19,20,21). The summed E-state index contributed by atoms with van der Waals surface area (Å²) in [6.07, 6.45) is 5.64. The van der Waals surface area contributed by atoms with Gasteiger partial charge in [-0.25, -0.2) is 9.97 Å². The average molecular weight is 366 g/mol. The van der Waals surface area contributed by atoms with Gasteiger partial charge in [-0.2, -0.15) is 0 Å². The lowest BCUT2D eigenvalue weighted by Crippen LogP contribution is -2.29. The maximum atomic E-state index is 11.9. The number of hydrogen-bond acceptors (Lipinski definition) is 4. The number of piperidine rings is 1. The summed E-state index contributed by atoms with van der Waals surface area (Å²) in [6.45, 7) is 2.57. The molecule has 0 unspecified atom stereocenters. The van der Waals surface area contributed by atoms with Gasteiger partial charge in [0.2, 0.25) is 5.91 Å². The van der Waals surface area contributed by atoms with Crippen LogP contribution in [0.3, 0.4) is 0 Å². The van der Waals surface area contributed by atoms with Crippen LogP contribution in [0.5, 0.6) is 0 Å². The molecule has 6 nitrogen and oxygen atoms in total. The van der Waals surface area contributed by atoms with Gasteiger partial charge in [-0.1, -0.05) is 0 Å². The lowest BCUT2D eigenvalue weighted by molar-refractivity contribution is -0.121. The van der Waals surface area contributed by atoms with E-state index in [0.717, 1.165) is 35.3 Å². The maximum Gasteiger partial charge on any atom is 0.220 e. The van der Waals surface area contributed by atoms with Crippen molar-refractivity contribution in [2.24, 2.45) is 5.92 Å². The van der Waals surface area contributed by atoms with Gasteiger partial charge in [0, 0.05) is 17.1 Å². The average Bonchev–Trinajstić information content (AvgIpc) is 2.94. The van der Waals surface area contributed by atoms with E-state index in [1.807, 2.05) is 6.07 Å². The Morgan fingerprint density at radius 2 is 2.23 bits per heavy atom. The number of carbonyl (C=O) groups excluding carboxylic acids is 1. The van der Waals surface area contributed by atoms with Crippen LogP contribution < -0.4 is 10.6 Å². The molecule has 3 N–H and O–H groups in total. The molecule has 1 fully saturated rings. The third-order valence-electron chi connectivity index (χ3n) is 4.04. The summed E-state index contributed by atoms with van der Waals surface area (Å²) >= 11 is 3.38. The number of nitrogens with one attached hydrogen (secondary N) is 3. The fourth-order valence-electron chi connectivity index (χ4n) is 2.78. The zero-order chi connectivity index (χ0) is 15.4. The molecule has 1 aliphatic heterocycles. The molecule has 118 valence electrons. The maximum absolute atomic E-state index is 11.9. The molecular formula is C15H20BrN5O. The highest BCUT2D eigenvalue weighted by atomic mass is 79.9. The van der Waals surface area contributed by atoms with Gasteiger partial charge in [0.05, 0.1) is 12.1 Å². The van der Waals surface area contributed by atoms with Crippen LogP contribution in [0.25, 0.3) is 11.2 Å². The van der Waals surface area contributed by atoms with E-state index in [1.54, 1.807) is 6.20 Å². The van der Waals surface area contributed by atoms with Crippen molar-refractivity contribution in [3.8, 4) is 0 Å². The predicted octanol–water partition coefficient (Wildman–Crippen LogP) is 2.12. The van der Waals surface area contributed by atoms with Crippen molar-refractivity contribution >= 4 is 33.0 Å². The highest BCUT2D eigenvalue weighted by molar-refractivity contribution is 9.10. The first-order valence-electron chi connectivity index (χ1n) is 7.68. The van der Waals surface area contributed by atoms with Crippen LogP contribution in [0.1, 0.15) is 31.5 Å². The molecule has 0 aromatic carbocycles. The zero-order valence-corrected chi connectivity index (χ0v) is 13.9. The number of fused-ring (bicyclic) bond motifs is 1. The molecule has 0 saturated carbocycles. The summed E-state index contributed by atoms with van der Waals surface area (Å²) in [5.41, 5.74) is 1.54. The Kier molecular flexibility index (Phi) is 5.04. The van der Waals surface area contributed by atoms with Crippen molar-refractivity contribution in [2.45, 2.75) is 32.2 Å². The molecule has 1 amide bonds. The Bertz CT molecular complexity index is 650. The number of hydrogen-bond donors (Lipinski definition) is 3. The van der Waals surface area contributed by atoms with Crippen molar-refractivity contribution < 1.29 is 4.79 Å². The van der Waals surface area contributed by atoms with Crippen LogP contribution in [-0.2, 0) is 11.3 Å². The van der Waals surface area contributed by atoms with Gasteiger partial charge in [0.1, 0.15) is 5.82 Å². The van der Waals surface area contributed by atoms with Crippen molar-refractivity contribution in [3.63, 3.8) is 0 Å². The molecule has 1 aliphatic rings. The second kappa shape index (κ2) is 7.19. The van der Waals surface area contributed by atoms with Gasteiger partial charge in [-0.15, -0.1) is 0 Å². The SMILES string of the molecule is O=C(CCC1CCNCC1)NCc1nc2ncc(Br)cc2[nH]1. The lowest BCUT2D eigenvalue weighted by atomic mass is 9.93. The van der Waals surface area contributed by atoms with E-state index in [4.69, 9.17) is 0 Å². The van der Waals surface area contributed by atoms with Crippen molar-refractivity contribution in [3.05, 3.63) is 22.6 Å². The minimum Gasteiger partial charge on any atom is -0.349 e. The minimum atomic E-state index is 0.0909. The Balaban J connectivity index is 1.47. The van der Waals surface area contributed by atoms with Crippen LogP contribution in [0.4, 0.5) is 0 Å². The molecule has 22 heavy (non-hydrogen) atoms. The number of aromatic amines is 1. The lowest BCUT2D eigenvalue weighted by Gasteiger charge is -2.22. The van der Waals surface area contributed by atoms with Crippen LogP contribution in [0, 0.1) is 5.92 Å². The summed E-state index contributed by atoms with van der Waals surface area (Å²) < 4.78 is 0.904. The second-order valence-corrected chi connectivity index (χ2v) is 6.63. The normalized spacial score (nSPS) is 16.0. The Hall–Kier alpha value is -1.47. The fraction of sp³-hybridized carbons (Fsp3) is 0.533. The molecule has 2 aromatic rings. The van der Waals surface area contributed by atoms with Crippen molar-refractivity contribution in [1.29, 1.82) is 0 Å². The third kappa shape index (κ3) is 4.04. The molecule has 2 aromatic heterocycles. The number of imidazole rings is 1. The molecular weight excluding hydrogens is 346 g/mol. The summed E-state index contributed by atoms with van der Waals surface area (Å²) in [4.78, 5) is 23.7. The van der Waals surface area contributed by atoms with Crippen molar-refractivity contribution in [2.75, 3.05) is 13.1 Å². The van der Waals surface area contributed by atoms with Crippen LogP contribution in [0.15, 0.2) is 16.7 Å². The Morgan fingerprint density at radius 3 is 3.05 bits per heavy atom. The molecule has 1 saturated heterocycles. The fourth-order valence-corrected chi connectivity index (χ4v) is 3.12. The Morgan fingerprint density at radius 1 is 1.41 bits per heavy atom. The number of nitrogens with zero attached hydrogens (tertiary/aromatic N) is 2. The molecule has 3 heterocycles. The monoisotopic (exact) mass is 365 g/mol. The first-order chi connectivity index (χ1) is 10.7. The number of rotatable bonds is 5. The molecule has 0 bridgehead atoms. The Labute approximate surface area is 137 Å². The number of carbonyl (C=O) groups is 1. The van der Waals surface area contributed by atoms with Gasteiger partial charge in [-0.3, -0.25) is 4.79 Å². The number of amides is 1. The molecule has 3 rings (SSSR count). The number of pyridine rings is 1. The van der Waals surface area contributed by atoms with E-state index in [-0.39, 0.29) is 5.91 Å². The number of aromatic nitrogens is 3. The summed E-state index contributed by atoms with van der Waals surface area (Å²) in [5, 5.41) is 6.27. The van der Waals surface area contributed by atoms with Crippen LogP contribution in [-0.4, -0.2) is 33.9 Å². The molecule has 0 aliphatic carbocycles. The predicted molar refractivity (Wildman–Crippen MR) is 88.3 cm³/mol. The molecule has 7 heteroatoms. The first kappa shape index (κ1) is 15.4. The molecule has 0 atom stereocenters. The highest BCUT2D eigenvalue weighted by Crippen LogP contribution is 2.18. The van der Waals surface area contributed by atoms with Gasteiger partial charge in [-0.05, 0) is 60.3 Å². The smallest absolute Gasteiger partial charge is 0.220 e. The van der Waals surface area contributed by atoms with Gasteiger partial charge < -0.3 is 15.6 Å². The quantitative estimate of drug-likeness (QED) is 0.757. The van der Waals surface area contributed by atoms with E-state index in [1.165, 1.54) is 12.8 Å². The number of H-pyrrole nitrogens is 1. The zero-order valence-electron chi connectivity index (χ0n) is 12.4. The van der Waals surface area contributed by atoms with E-state index >= 15 is 0 Å². The van der Waals surface area contributed by atoms with Gasteiger partial charge in [0.15, 0.2) is 5.65 Å².